The van der Waals surface area contributed by atoms with Crippen molar-refractivity contribution in [2.24, 2.45) is 5.73 Å². The minimum atomic E-state index is -0.583. The fourth-order valence-corrected chi connectivity index (χ4v) is 3.46. The van der Waals surface area contributed by atoms with Gasteiger partial charge >= 0.3 is 0 Å². The Morgan fingerprint density at radius 2 is 2.03 bits per heavy atom. The first-order valence-electron chi connectivity index (χ1n) is 8.74. The van der Waals surface area contributed by atoms with Crippen molar-refractivity contribution in [3.05, 3.63) is 65.0 Å². The van der Waals surface area contributed by atoms with Crippen molar-refractivity contribution in [3.8, 4) is 40.5 Å². The molecule has 0 amide bonds. The van der Waals surface area contributed by atoms with Crippen LogP contribution in [0.3, 0.4) is 0 Å². The third kappa shape index (κ3) is 2.99. The van der Waals surface area contributed by atoms with Gasteiger partial charge in [0.1, 0.15) is 17.4 Å². The van der Waals surface area contributed by atoms with Gasteiger partial charge in [-0.05, 0) is 29.8 Å². The van der Waals surface area contributed by atoms with Gasteiger partial charge in [-0.2, -0.15) is 5.26 Å². The molecule has 2 heterocycles. The van der Waals surface area contributed by atoms with Crippen molar-refractivity contribution in [1.29, 1.82) is 5.26 Å². The Hall–Kier alpha value is -4.12. The van der Waals surface area contributed by atoms with Crippen LogP contribution >= 0.6 is 0 Å². The largest absolute Gasteiger partial charge is 0.504 e. The zero-order valence-electron chi connectivity index (χ0n) is 15.8. The van der Waals surface area contributed by atoms with E-state index in [1.807, 2.05) is 24.3 Å². The fourth-order valence-electron chi connectivity index (χ4n) is 3.46. The molecule has 3 aromatic rings. The lowest BCUT2D eigenvalue weighted by Crippen LogP contribution is -2.21. The summed E-state index contributed by atoms with van der Waals surface area (Å²) in [6, 6.07) is 14.5. The van der Waals surface area contributed by atoms with Crippen LogP contribution in [0.2, 0.25) is 0 Å². The second kappa shape index (κ2) is 7.13. The van der Waals surface area contributed by atoms with Gasteiger partial charge in [0, 0.05) is 5.56 Å². The summed E-state index contributed by atoms with van der Waals surface area (Å²) in [4.78, 5) is 0. The number of nitrogens with two attached hydrogens (primary N) is 1. The van der Waals surface area contributed by atoms with E-state index in [4.69, 9.17) is 19.9 Å². The maximum atomic E-state index is 10.3. The number of allylic oxidation sites excluding steroid dienone is 1. The number of fused-ring (bicyclic) bond motifs is 1. The number of phenols is 1. The van der Waals surface area contributed by atoms with Crippen LogP contribution in [0.25, 0.3) is 11.3 Å². The maximum Gasteiger partial charge on any atom is 0.244 e. The molecule has 8 heteroatoms. The zero-order chi connectivity index (χ0) is 20.5. The molecular formula is C21H18N4O4. The molecule has 146 valence electrons. The lowest BCUT2D eigenvalue weighted by atomic mass is 9.83. The number of nitrogens with zero attached hydrogens (tertiary/aromatic N) is 2. The zero-order valence-corrected chi connectivity index (χ0v) is 15.8. The highest BCUT2D eigenvalue weighted by molar-refractivity contribution is 5.72. The quantitative estimate of drug-likeness (QED) is 0.625. The number of hydrogen-bond donors (Lipinski definition) is 3. The minimum Gasteiger partial charge on any atom is -0.504 e. The van der Waals surface area contributed by atoms with Gasteiger partial charge in [0.05, 0.1) is 31.4 Å². The van der Waals surface area contributed by atoms with Crippen LogP contribution in [-0.2, 0) is 0 Å². The number of aromatic amines is 1. The van der Waals surface area contributed by atoms with Gasteiger partial charge in [0.15, 0.2) is 11.5 Å². The van der Waals surface area contributed by atoms with Crippen molar-refractivity contribution in [2.45, 2.75) is 5.92 Å². The predicted molar refractivity (Wildman–Crippen MR) is 105 cm³/mol. The van der Waals surface area contributed by atoms with Crippen LogP contribution in [0.1, 0.15) is 17.0 Å². The number of phenolic OH excluding ortho intramolecular Hbond substituents is 1. The maximum absolute atomic E-state index is 10.3. The van der Waals surface area contributed by atoms with Crippen LogP contribution in [-0.4, -0.2) is 29.5 Å². The van der Waals surface area contributed by atoms with Crippen LogP contribution in [0.15, 0.2) is 53.9 Å². The smallest absolute Gasteiger partial charge is 0.244 e. The molecule has 1 atom stereocenters. The van der Waals surface area contributed by atoms with Gasteiger partial charge in [-0.25, -0.2) is 0 Å². The van der Waals surface area contributed by atoms with Crippen LogP contribution in [0.4, 0.5) is 0 Å². The Morgan fingerprint density at radius 3 is 2.72 bits per heavy atom. The first-order chi connectivity index (χ1) is 14.1. The molecule has 0 radical (unpaired) electrons. The number of nitriles is 1. The molecule has 2 aromatic carbocycles. The summed E-state index contributed by atoms with van der Waals surface area (Å²) >= 11 is 0. The Balaban J connectivity index is 1.93. The number of nitrogens with one attached hydrogen (secondary N) is 1. The number of benzene rings is 2. The van der Waals surface area contributed by atoms with Crippen molar-refractivity contribution < 1.29 is 19.3 Å². The van der Waals surface area contributed by atoms with E-state index < -0.39 is 5.92 Å². The molecule has 29 heavy (non-hydrogen) atoms. The van der Waals surface area contributed by atoms with Gasteiger partial charge in [-0.1, -0.05) is 18.2 Å². The molecule has 0 spiro atoms. The van der Waals surface area contributed by atoms with E-state index in [1.165, 1.54) is 7.11 Å². The second-order valence-electron chi connectivity index (χ2n) is 6.41. The van der Waals surface area contributed by atoms with E-state index >= 15 is 0 Å². The second-order valence-corrected chi connectivity index (χ2v) is 6.41. The fraction of sp³-hybridized carbons (Fsp3) is 0.143. The summed E-state index contributed by atoms with van der Waals surface area (Å²) in [7, 11) is 3.06. The number of aromatic nitrogens is 2. The number of rotatable bonds is 4. The van der Waals surface area contributed by atoms with Gasteiger partial charge < -0.3 is 25.1 Å². The van der Waals surface area contributed by atoms with Gasteiger partial charge in [0.25, 0.3) is 0 Å². The lowest BCUT2D eigenvalue weighted by Gasteiger charge is -2.24. The monoisotopic (exact) mass is 390 g/mol. The molecule has 0 aliphatic carbocycles. The summed E-state index contributed by atoms with van der Waals surface area (Å²) < 4.78 is 16.0. The molecule has 0 fully saturated rings. The summed E-state index contributed by atoms with van der Waals surface area (Å²) in [5, 5.41) is 27.3. The number of H-pyrrole nitrogens is 1. The summed E-state index contributed by atoms with van der Waals surface area (Å²) in [5.41, 5.74) is 8.99. The molecule has 8 nitrogen and oxygen atoms in total. The average molecular weight is 390 g/mol. The van der Waals surface area contributed by atoms with E-state index in [-0.39, 0.29) is 23.1 Å². The van der Waals surface area contributed by atoms with Crippen molar-refractivity contribution >= 4 is 0 Å². The lowest BCUT2D eigenvalue weighted by molar-refractivity contribution is 0.371. The standard InChI is InChI=1S/C21H18N4O4/c1-27-13-5-3-4-12(8-13)19-18-17(11-6-7-16(28-2)15(26)9-11)14(10-22)20(23)29-21(18)25-24-19/h3-9,17,26H,23H2,1-2H3,(H,24,25)/t17-/m1/s1. The van der Waals surface area contributed by atoms with E-state index in [2.05, 4.69) is 16.3 Å². The number of hydrogen-bond acceptors (Lipinski definition) is 7. The predicted octanol–water partition coefficient (Wildman–Crippen LogP) is 3.02. The van der Waals surface area contributed by atoms with Crippen LogP contribution < -0.4 is 19.9 Å². The van der Waals surface area contributed by atoms with E-state index in [0.717, 1.165) is 5.56 Å². The Kier molecular flexibility index (Phi) is 4.49. The van der Waals surface area contributed by atoms with Crippen molar-refractivity contribution in [1.82, 2.24) is 10.2 Å². The summed E-state index contributed by atoms with van der Waals surface area (Å²) in [5.74, 6) is 0.637. The highest BCUT2D eigenvalue weighted by Gasteiger charge is 2.36. The normalized spacial score (nSPS) is 15.3. The molecule has 0 unspecified atom stereocenters. The molecule has 1 aromatic heterocycles. The van der Waals surface area contributed by atoms with E-state index in [1.54, 1.807) is 25.3 Å². The molecule has 1 aliphatic heterocycles. The van der Waals surface area contributed by atoms with Crippen molar-refractivity contribution in [2.75, 3.05) is 14.2 Å². The van der Waals surface area contributed by atoms with Gasteiger partial charge in [-0.15, -0.1) is 5.10 Å². The Morgan fingerprint density at radius 1 is 1.21 bits per heavy atom. The SMILES string of the molecule is COc1cccc(-c2[nH]nc3c2[C@H](c2ccc(OC)c(O)c2)C(C#N)=C(N)O3)c1. The van der Waals surface area contributed by atoms with Gasteiger partial charge in [-0.3, -0.25) is 5.10 Å². The van der Waals surface area contributed by atoms with Crippen molar-refractivity contribution in [3.63, 3.8) is 0 Å². The average Bonchev–Trinajstić information content (AvgIpc) is 3.16. The van der Waals surface area contributed by atoms with Crippen LogP contribution in [0.5, 0.6) is 23.1 Å². The molecule has 4 rings (SSSR count). The summed E-state index contributed by atoms with van der Waals surface area (Å²) in [6.45, 7) is 0. The molecule has 4 N–H and O–H groups in total. The molecular weight excluding hydrogens is 372 g/mol. The molecule has 0 saturated heterocycles. The van der Waals surface area contributed by atoms with E-state index in [0.29, 0.717) is 28.3 Å². The molecule has 0 saturated carbocycles. The third-order valence-electron chi connectivity index (χ3n) is 4.83. The Bertz CT molecular complexity index is 1160. The molecule has 1 aliphatic rings. The van der Waals surface area contributed by atoms with Crippen LogP contribution in [0, 0.1) is 11.3 Å². The minimum absolute atomic E-state index is 0.0241. The highest BCUT2D eigenvalue weighted by Crippen LogP contribution is 2.47. The topological polar surface area (TPSA) is 126 Å². The molecule has 0 bridgehead atoms. The first kappa shape index (κ1) is 18.3. The number of methoxy groups -OCH3 is 2. The summed E-state index contributed by atoms with van der Waals surface area (Å²) in [6.07, 6.45) is 0. The van der Waals surface area contributed by atoms with Gasteiger partial charge in [0.2, 0.25) is 11.8 Å². The number of aromatic hydroxyl groups is 1. The highest BCUT2D eigenvalue weighted by atomic mass is 16.5. The first-order valence-corrected chi connectivity index (χ1v) is 8.74. The van der Waals surface area contributed by atoms with E-state index in [9.17, 15) is 10.4 Å². The third-order valence-corrected chi connectivity index (χ3v) is 4.83. The number of ether oxygens (including phenoxy) is 3. The Labute approximate surface area is 166 Å².